The summed E-state index contributed by atoms with van der Waals surface area (Å²) in [5.41, 5.74) is 2.29. The highest BCUT2D eigenvalue weighted by molar-refractivity contribution is 5.78. The maximum Gasteiger partial charge on any atom is 0.238 e. The highest BCUT2D eigenvalue weighted by Crippen LogP contribution is 2.37. The van der Waals surface area contributed by atoms with Crippen molar-refractivity contribution in [1.29, 1.82) is 0 Å². The molecule has 18 heavy (non-hydrogen) atoms. The van der Waals surface area contributed by atoms with Crippen LogP contribution in [0.2, 0.25) is 0 Å². The van der Waals surface area contributed by atoms with Gasteiger partial charge in [0, 0.05) is 12.1 Å². The van der Waals surface area contributed by atoms with Gasteiger partial charge < -0.3 is 0 Å². The van der Waals surface area contributed by atoms with Crippen LogP contribution in [0.5, 0.6) is 0 Å². The van der Waals surface area contributed by atoms with Crippen LogP contribution >= 0.6 is 0 Å². The van der Waals surface area contributed by atoms with Crippen LogP contribution < -0.4 is 11.3 Å². The minimum atomic E-state index is -0.0413. The van der Waals surface area contributed by atoms with Gasteiger partial charge in [0.05, 0.1) is 5.92 Å². The van der Waals surface area contributed by atoms with Gasteiger partial charge in [0.2, 0.25) is 5.91 Å². The summed E-state index contributed by atoms with van der Waals surface area (Å²) < 4.78 is 0. The maximum atomic E-state index is 11.7. The predicted octanol–water partition coefficient (Wildman–Crippen LogP) is 1.66. The minimum absolute atomic E-state index is 0.0318. The number of nitrogens with zero attached hydrogens (tertiary/aromatic N) is 1. The molecule has 1 aliphatic carbocycles. The van der Waals surface area contributed by atoms with Gasteiger partial charge in [-0.15, -0.1) is 0 Å². The Morgan fingerprint density at radius 2 is 1.89 bits per heavy atom. The van der Waals surface area contributed by atoms with E-state index in [0.29, 0.717) is 12.1 Å². The molecule has 0 aromatic rings. The largest absolute Gasteiger partial charge is 0.297 e. The van der Waals surface area contributed by atoms with E-state index in [0.717, 1.165) is 12.5 Å². The number of carbonyl (C=O) groups is 1. The molecule has 104 valence electrons. The van der Waals surface area contributed by atoms with Gasteiger partial charge in [-0.2, -0.15) is 0 Å². The summed E-state index contributed by atoms with van der Waals surface area (Å²) in [6.45, 7) is 5.31. The van der Waals surface area contributed by atoms with Crippen LogP contribution in [0.25, 0.3) is 0 Å². The highest BCUT2D eigenvalue weighted by Gasteiger charge is 2.37. The quantitative estimate of drug-likeness (QED) is 0.457. The molecule has 2 unspecified atom stereocenters. The molecule has 1 saturated carbocycles. The van der Waals surface area contributed by atoms with Crippen molar-refractivity contribution in [3.63, 3.8) is 0 Å². The molecule has 0 spiro atoms. The summed E-state index contributed by atoms with van der Waals surface area (Å²) in [6.07, 6.45) is 8.09. The number of hydrogen-bond donors (Lipinski definition) is 2. The van der Waals surface area contributed by atoms with Crippen LogP contribution in [0.1, 0.15) is 52.4 Å². The Bertz CT molecular complexity index is 293. The van der Waals surface area contributed by atoms with Gasteiger partial charge in [0.1, 0.15) is 0 Å². The molecule has 4 heteroatoms. The summed E-state index contributed by atoms with van der Waals surface area (Å²) >= 11 is 0. The number of rotatable bonds is 3. The van der Waals surface area contributed by atoms with Crippen molar-refractivity contribution < 1.29 is 4.79 Å². The van der Waals surface area contributed by atoms with E-state index in [-0.39, 0.29) is 11.8 Å². The van der Waals surface area contributed by atoms with Gasteiger partial charge in [0.25, 0.3) is 0 Å². The van der Waals surface area contributed by atoms with Crippen LogP contribution in [0.4, 0.5) is 0 Å². The van der Waals surface area contributed by atoms with E-state index < -0.39 is 0 Å². The Kier molecular flexibility index (Phi) is 4.62. The van der Waals surface area contributed by atoms with Crippen molar-refractivity contribution in [2.45, 2.75) is 64.5 Å². The van der Waals surface area contributed by atoms with Crippen LogP contribution in [0.3, 0.4) is 0 Å². The Morgan fingerprint density at radius 3 is 2.61 bits per heavy atom. The van der Waals surface area contributed by atoms with E-state index in [2.05, 4.69) is 17.2 Å². The van der Waals surface area contributed by atoms with Crippen molar-refractivity contribution in [2.75, 3.05) is 6.54 Å². The first-order valence-electron chi connectivity index (χ1n) is 7.41. The molecule has 1 aliphatic heterocycles. The number of nitrogens with one attached hydrogen (secondary N) is 1. The molecule has 1 amide bonds. The SMILES string of the molecule is CC(C(=O)NN)C(C)N1CCC[C@H]2CCCC[C@H]21. The molecule has 0 aromatic carbocycles. The first kappa shape index (κ1) is 13.8. The average Bonchev–Trinajstić information content (AvgIpc) is 2.44. The number of hydrogen-bond acceptors (Lipinski definition) is 3. The molecule has 4 nitrogen and oxygen atoms in total. The molecule has 4 atom stereocenters. The lowest BCUT2D eigenvalue weighted by molar-refractivity contribution is -0.127. The predicted molar refractivity (Wildman–Crippen MR) is 72.6 cm³/mol. The monoisotopic (exact) mass is 253 g/mol. The number of likely N-dealkylation sites (tertiary alicyclic amines) is 1. The Morgan fingerprint density at radius 1 is 1.22 bits per heavy atom. The fourth-order valence-electron chi connectivity index (χ4n) is 3.81. The summed E-state index contributed by atoms with van der Waals surface area (Å²) in [6, 6.07) is 0.995. The van der Waals surface area contributed by atoms with Gasteiger partial charge >= 0.3 is 0 Å². The van der Waals surface area contributed by atoms with E-state index in [4.69, 9.17) is 5.84 Å². The van der Waals surface area contributed by atoms with Crippen molar-refractivity contribution in [1.82, 2.24) is 10.3 Å². The molecule has 0 radical (unpaired) electrons. The van der Waals surface area contributed by atoms with Crippen molar-refractivity contribution in [3.05, 3.63) is 0 Å². The second kappa shape index (κ2) is 6.02. The lowest BCUT2D eigenvalue weighted by atomic mass is 9.77. The van der Waals surface area contributed by atoms with E-state index in [1.165, 1.54) is 38.5 Å². The topological polar surface area (TPSA) is 58.4 Å². The zero-order valence-corrected chi connectivity index (χ0v) is 11.7. The van der Waals surface area contributed by atoms with Gasteiger partial charge in [-0.25, -0.2) is 5.84 Å². The van der Waals surface area contributed by atoms with Crippen LogP contribution in [-0.4, -0.2) is 29.4 Å². The smallest absolute Gasteiger partial charge is 0.238 e. The Labute approximate surface area is 110 Å². The van der Waals surface area contributed by atoms with E-state index in [1.54, 1.807) is 0 Å². The van der Waals surface area contributed by atoms with Crippen LogP contribution in [0, 0.1) is 11.8 Å². The van der Waals surface area contributed by atoms with Crippen molar-refractivity contribution in [3.8, 4) is 0 Å². The number of hydrazine groups is 1. The highest BCUT2D eigenvalue weighted by atomic mass is 16.2. The third-order valence-corrected chi connectivity index (χ3v) is 5.09. The molecule has 0 aromatic heterocycles. The molecule has 2 aliphatic rings. The second-order valence-corrected chi connectivity index (χ2v) is 6.03. The maximum absolute atomic E-state index is 11.7. The minimum Gasteiger partial charge on any atom is -0.297 e. The molecule has 2 rings (SSSR count). The van der Waals surface area contributed by atoms with Gasteiger partial charge in [-0.3, -0.25) is 15.1 Å². The number of carbonyl (C=O) groups excluding carboxylic acids is 1. The number of fused-ring (bicyclic) bond motifs is 1. The lowest BCUT2D eigenvalue weighted by Crippen LogP contribution is -2.54. The van der Waals surface area contributed by atoms with Gasteiger partial charge in [0.15, 0.2) is 0 Å². The molecule has 0 bridgehead atoms. The van der Waals surface area contributed by atoms with E-state index in [9.17, 15) is 4.79 Å². The number of piperidine rings is 1. The van der Waals surface area contributed by atoms with Crippen LogP contribution in [0.15, 0.2) is 0 Å². The third-order valence-electron chi connectivity index (χ3n) is 5.09. The fraction of sp³-hybridized carbons (Fsp3) is 0.929. The molecular formula is C14H27N3O. The third kappa shape index (κ3) is 2.69. The molecule has 3 N–H and O–H groups in total. The Balaban J connectivity index is 2.03. The lowest BCUT2D eigenvalue weighted by Gasteiger charge is -2.48. The first-order chi connectivity index (χ1) is 8.65. The molecule has 1 heterocycles. The fourth-order valence-corrected chi connectivity index (χ4v) is 3.81. The van der Waals surface area contributed by atoms with E-state index >= 15 is 0 Å². The normalized spacial score (nSPS) is 32.4. The standard InChI is InChI=1S/C14H27N3O/c1-10(14(18)16-15)11(2)17-9-5-7-12-6-3-4-8-13(12)17/h10-13H,3-9,15H2,1-2H3,(H,16,18)/t10?,11?,12-,13-/m1/s1. The molecular weight excluding hydrogens is 226 g/mol. The van der Waals surface area contributed by atoms with Crippen molar-refractivity contribution >= 4 is 5.91 Å². The summed E-state index contributed by atoms with van der Waals surface area (Å²) in [4.78, 5) is 14.3. The average molecular weight is 253 g/mol. The zero-order chi connectivity index (χ0) is 13.1. The summed E-state index contributed by atoms with van der Waals surface area (Å²) in [5, 5.41) is 0. The summed E-state index contributed by atoms with van der Waals surface area (Å²) in [5.74, 6) is 6.04. The first-order valence-corrected chi connectivity index (χ1v) is 7.41. The second-order valence-electron chi connectivity index (χ2n) is 6.03. The van der Waals surface area contributed by atoms with Crippen molar-refractivity contribution in [2.24, 2.45) is 17.7 Å². The van der Waals surface area contributed by atoms with E-state index in [1.807, 2.05) is 6.92 Å². The molecule has 2 fully saturated rings. The van der Waals surface area contributed by atoms with Gasteiger partial charge in [-0.05, 0) is 45.1 Å². The number of amides is 1. The van der Waals surface area contributed by atoms with Crippen LogP contribution in [-0.2, 0) is 4.79 Å². The number of nitrogens with two attached hydrogens (primary N) is 1. The zero-order valence-electron chi connectivity index (χ0n) is 11.7. The summed E-state index contributed by atoms with van der Waals surface area (Å²) in [7, 11) is 0. The van der Waals surface area contributed by atoms with Gasteiger partial charge in [-0.1, -0.05) is 19.8 Å². The Hall–Kier alpha value is -0.610. The molecule has 1 saturated heterocycles.